The highest BCUT2D eigenvalue weighted by Crippen LogP contribution is 2.48. The fraction of sp³-hybridized carbons (Fsp3) is 0.545. The number of allylic oxidation sites excluding steroid dienone is 4. The molecule has 124 valence electrons. The van der Waals surface area contributed by atoms with E-state index in [4.69, 9.17) is 11.6 Å². The van der Waals surface area contributed by atoms with Gasteiger partial charge >= 0.3 is 0 Å². The molecule has 0 radical (unpaired) electrons. The maximum absolute atomic E-state index is 6.11. The maximum Gasteiger partial charge on any atom is 0.0406 e. The minimum atomic E-state index is 0.396. The predicted molar refractivity (Wildman–Crippen MR) is 102 cm³/mol. The molecular formula is C22H29Cl. The molecule has 0 bridgehead atoms. The summed E-state index contributed by atoms with van der Waals surface area (Å²) in [6.07, 6.45) is 7.59. The van der Waals surface area contributed by atoms with Crippen molar-refractivity contribution < 1.29 is 0 Å². The van der Waals surface area contributed by atoms with E-state index in [0.717, 1.165) is 10.9 Å². The molecule has 1 atom stereocenters. The zero-order valence-corrected chi connectivity index (χ0v) is 15.8. The van der Waals surface area contributed by atoms with Crippen LogP contribution in [0, 0.1) is 11.3 Å². The Labute approximate surface area is 146 Å². The summed E-state index contributed by atoms with van der Waals surface area (Å²) >= 11 is 6.11. The lowest BCUT2D eigenvalue weighted by Crippen LogP contribution is -2.20. The summed E-state index contributed by atoms with van der Waals surface area (Å²) in [6, 6.07) is 8.49. The van der Waals surface area contributed by atoms with Crippen LogP contribution in [0.15, 0.2) is 41.0 Å². The second-order valence-corrected chi connectivity index (χ2v) is 8.85. The first-order valence-electron chi connectivity index (χ1n) is 9.03. The van der Waals surface area contributed by atoms with Crippen molar-refractivity contribution in [2.75, 3.05) is 0 Å². The number of rotatable bonds is 2. The van der Waals surface area contributed by atoms with Gasteiger partial charge < -0.3 is 0 Å². The molecule has 0 heterocycles. The molecule has 23 heavy (non-hydrogen) atoms. The molecule has 0 spiro atoms. The van der Waals surface area contributed by atoms with E-state index in [-0.39, 0.29) is 0 Å². The first-order valence-corrected chi connectivity index (χ1v) is 9.40. The third-order valence-electron chi connectivity index (χ3n) is 5.71. The fourth-order valence-corrected chi connectivity index (χ4v) is 4.29. The quantitative estimate of drug-likeness (QED) is 0.529. The minimum absolute atomic E-state index is 0.396. The molecule has 0 N–H and O–H groups in total. The number of hydrogen-bond acceptors (Lipinski definition) is 0. The Morgan fingerprint density at radius 2 is 1.70 bits per heavy atom. The van der Waals surface area contributed by atoms with Crippen molar-refractivity contribution in [1.82, 2.24) is 0 Å². The Morgan fingerprint density at radius 1 is 1.00 bits per heavy atom. The van der Waals surface area contributed by atoms with Gasteiger partial charge in [0.15, 0.2) is 0 Å². The highest BCUT2D eigenvalue weighted by Gasteiger charge is 2.30. The first-order chi connectivity index (χ1) is 10.9. The zero-order chi connectivity index (χ0) is 16.6. The van der Waals surface area contributed by atoms with E-state index in [1.807, 2.05) is 12.1 Å². The van der Waals surface area contributed by atoms with E-state index >= 15 is 0 Å². The number of hydrogen-bond donors (Lipinski definition) is 0. The minimum Gasteiger partial charge on any atom is -0.0843 e. The molecule has 1 aromatic carbocycles. The van der Waals surface area contributed by atoms with Crippen molar-refractivity contribution >= 4 is 17.2 Å². The van der Waals surface area contributed by atoms with Crippen molar-refractivity contribution in [1.29, 1.82) is 0 Å². The van der Waals surface area contributed by atoms with Crippen LogP contribution in [0.5, 0.6) is 0 Å². The van der Waals surface area contributed by atoms with Crippen molar-refractivity contribution in [3.8, 4) is 0 Å². The van der Waals surface area contributed by atoms with Gasteiger partial charge in [0.2, 0.25) is 0 Å². The Balaban J connectivity index is 2.09. The third kappa shape index (κ3) is 3.74. The van der Waals surface area contributed by atoms with Crippen molar-refractivity contribution in [2.45, 2.75) is 66.2 Å². The smallest absolute Gasteiger partial charge is 0.0406 e. The zero-order valence-electron chi connectivity index (χ0n) is 15.0. The summed E-state index contributed by atoms with van der Waals surface area (Å²) < 4.78 is 0. The molecular weight excluding hydrogens is 300 g/mol. The second-order valence-electron chi connectivity index (χ2n) is 8.41. The van der Waals surface area contributed by atoms with E-state index in [9.17, 15) is 0 Å². The molecule has 0 nitrogen and oxygen atoms in total. The summed E-state index contributed by atoms with van der Waals surface area (Å²) in [7, 11) is 0. The molecule has 0 aromatic heterocycles. The highest BCUT2D eigenvalue weighted by molar-refractivity contribution is 6.30. The van der Waals surface area contributed by atoms with Gasteiger partial charge in [0, 0.05) is 5.02 Å². The summed E-state index contributed by atoms with van der Waals surface area (Å²) in [5.74, 6) is 0.822. The van der Waals surface area contributed by atoms with E-state index in [1.165, 1.54) is 44.1 Å². The maximum atomic E-state index is 6.11. The van der Waals surface area contributed by atoms with Crippen LogP contribution in [0.4, 0.5) is 0 Å². The van der Waals surface area contributed by atoms with Gasteiger partial charge in [-0.3, -0.25) is 0 Å². The van der Waals surface area contributed by atoms with Crippen molar-refractivity contribution in [3.63, 3.8) is 0 Å². The highest BCUT2D eigenvalue weighted by atomic mass is 35.5. The van der Waals surface area contributed by atoms with Crippen LogP contribution in [0.25, 0.3) is 5.57 Å². The lowest BCUT2D eigenvalue weighted by molar-refractivity contribution is 0.331. The summed E-state index contributed by atoms with van der Waals surface area (Å²) in [6.45, 7) is 9.57. The van der Waals surface area contributed by atoms with Crippen LogP contribution in [-0.4, -0.2) is 0 Å². The van der Waals surface area contributed by atoms with Crippen molar-refractivity contribution in [2.24, 2.45) is 11.3 Å². The van der Waals surface area contributed by atoms with Gasteiger partial charge in [-0.05, 0) is 91.2 Å². The van der Waals surface area contributed by atoms with Crippen LogP contribution in [-0.2, 0) is 0 Å². The molecule has 0 aliphatic heterocycles. The van der Waals surface area contributed by atoms with Crippen molar-refractivity contribution in [3.05, 3.63) is 51.6 Å². The van der Waals surface area contributed by atoms with Crippen LogP contribution in [0.3, 0.4) is 0 Å². The van der Waals surface area contributed by atoms with Gasteiger partial charge in [-0.25, -0.2) is 0 Å². The fourth-order valence-electron chi connectivity index (χ4n) is 4.17. The molecule has 1 heteroatoms. The Bertz CT molecular complexity index is 643. The van der Waals surface area contributed by atoms with Gasteiger partial charge in [0.25, 0.3) is 0 Å². The average molecular weight is 329 g/mol. The summed E-state index contributed by atoms with van der Waals surface area (Å²) in [5, 5.41) is 0.827. The normalized spacial score (nSPS) is 25.0. The number of benzene rings is 1. The van der Waals surface area contributed by atoms with Crippen LogP contribution in [0.2, 0.25) is 5.02 Å². The summed E-state index contributed by atoms with van der Waals surface area (Å²) in [4.78, 5) is 0. The van der Waals surface area contributed by atoms with E-state index in [1.54, 1.807) is 22.3 Å². The molecule has 0 saturated heterocycles. The Morgan fingerprint density at radius 3 is 2.39 bits per heavy atom. The van der Waals surface area contributed by atoms with Gasteiger partial charge in [-0.1, -0.05) is 50.1 Å². The molecule has 2 aliphatic carbocycles. The molecule has 3 rings (SSSR count). The monoisotopic (exact) mass is 328 g/mol. The molecule has 1 aromatic rings. The van der Waals surface area contributed by atoms with Crippen LogP contribution >= 0.6 is 11.6 Å². The molecule has 0 fully saturated rings. The Hall–Kier alpha value is -1.01. The molecule has 1 unspecified atom stereocenters. The van der Waals surface area contributed by atoms with E-state index in [0.29, 0.717) is 5.41 Å². The number of halogens is 1. The first kappa shape index (κ1) is 16.8. The topological polar surface area (TPSA) is 0 Å². The largest absolute Gasteiger partial charge is 0.0843 e. The lowest BCUT2D eigenvalue weighted by Gasteiger charge is -2.36. The lowest BCUT2D eigenvalue weighted by atomic mass is 9.69. The van der Waals surface area contributed by atoms with Gasteiger partial charge in [0.1, 0.15) is 0 Å². The third-order valence-corrected chi connectivity index (χ3v) is 5.96. The van der Waals surface area contributed by atoms with Gasteiger partial charge in [-0.15, -0.1) is 0 Å². The Kier molecular flexibility index (Phi) is 4.74. The SMILES string of the molecule is CC1=C(C2=C(c3ccc(Cl)cc3)CC(C)(C)CC2)CC(C)CC1. The molecule has 0 saturated carbocycles. The molecule has 0 amide bonds. The summed E-state index contributed by atoms with van der Waals surface area (Å²) in [5.41, 5.74) is 8.29. The van der Waals surface area contributed by atoms with E-state index < -0.39 is 0 Å². The predicted octanol–water partition coefficient (Wildman–Crippen LogP) is 7.44. The van der Waals surface area contributed by atoms with E-state index in [2.05, 4.69) is 39.8 Å². The van der Waals surface area contributed by atoms with Crippen LogP contribution < -0.4 is 0 Å². The van der Waals surface area contributed by atoms with Gasteiger partial charge in [0.05, 0.1) is 0 Å². The van der Waals surface area contributed by atoms with Gasteiger partial charge in [-0.2, -0.15) is 0 Å². The average Bonchev–Trinajstić information content (AvgIpc) is 2.50. The standard InChI is InChI=1S/C22H29Cl/c1-15-5-6-16(2)20(13-15)19-11-12-22(3,4)14-21(19)17-7-9-18(23)10-8-17/h7-10,15H,5-6,11-14H2,1-4H3. The second kappa shape index (κ2) is 6.48. The molecule has 2 aliphatic rings. The van der Waals surface area contributed by atoms with Crippen LogP contribution in [0.1, 0.15) is 71.8 Å².